The van der Waals surface area contributed by atoms with Crippen LogP contribution in [0.3, 0.4) is 0 Å². The van der Waals surface area contributed by atoms with Gasteiger partial charge in [0.15, 0.2) is 0 Å². The Morgan fingerprint density at radius 2 is 2.17 bits per heavy atom. The summed E-state index contributed by atoms with van der Waals surface area (Å²) in [4.78, 5) is 15.0. The predicted molar refractivity (Wildman–Crippen MR) is 73.2 cm³/mol. The van der Waals surface area contributed by atoms with E-state index in [1.54, 1.807) is 18.2 Å². The maximum absolute atomic E-state index is 10.9. The Kier molecular flexibility index (Phi) is 4.28. The lowest BCUT2D eigenvalue weighted by atomic mass is 10.2. The van der Waals surface area contributed by atoms with E-state index in [4.69, 9.17) is 11.6 Å². The number of aryl methyl sites for hydroxylation is 1. The molecule has 0 amide bonds. The van der Waals surface area contributed by atoms with Crippen molar-refractivity contribution in [3.8, 4) is 10.6 Å². The second-order valence-corrected chi connectivity index (χ2v) is 4.95. The lowest BCUT2D eigenvalue weighted by molar-refractivity contribution is -0.384. The highest BCUT2D eigenvalue weighted by Crippen LogP contribution is 2.31. The van der Waals surface area contributed by atoms with Gasteiger partial charge in [-0.2, -0.15) is 0 Å². The Bertz CT molecular complexity index is 557. The molecule has 4 nitrogen and oxygen atoms in total. The first-order valence-electron chi connectivity index (χ1n) is 5.46. The molecule has 6 heteroatoms. The van der Waals surface area contributed by atoms with Gasteiger partial charge in [-0.3, -0.25) is 10.1 Å². The van der Waals surface area contributed by atoms with E-state index in [1.807, 2.05) is 5.38 Å². The van der Waals surface area contributed by atoms with Crippen LogP contribution < -0.4 is 0 Å². The van der Waals surface area contributed by atoms with Crippen LogP contribution in [0.4, 0.5) is 5.69 Å². The van der Waals surface area contributed by atoms with Gasteiger partial charge in [0.2, 0.25) is 0 Å². The van der Waals surface area contributed by atoms with Gasteiger partial charge >= 0.3 is 0 Å². The van der Waals surface area contributed by atoms with Crippen LogP contribution in [-0.2, 0) is 6.42 Å². The zero-order valence-electron chi connectivity index (χ0n) is 9.51. The van der Waals surface area contributed by atoms with E-state index in [9.17, 15) is 10.1 Å². The molecule has 0 unspecified atom stereocenters. The Balaban J connectivity index is 2.31. The molecule has 0 N–H and O–H groups in total. The maximum Gasteiger partial charge on any atom is 0.279 e. The lowest BCUT2D eigenvalue weighted by Crippen LogP contribution is -1.92. The second-order valence-electron chi connectivity index (χ2n) is 3.71. The van der Waals surface area contributed by atoms with Crippen molar-refractivity contribution in [2.75, 3.05) is 5.88 Å². The zero-order valence-corrected chi connectivity index (χ0v) is 11.1. The van der Waals surface area contributed by atoms with Crippen LogP contribution in [-0.4, -0.2) is 15.8 Å². The van der Waals surface area contributed by atoms with Crippen molar-refractivity contribution in [3.63, 3.8) is 0 Å². The number of nitro groups is 1. The highest BCUT2D eigenvalue weighted by atomic mass is 35.5. The third-order valence-corrected chi connectivity index (χ3v) is 3.64. The fourth-order valence-electron chi connectivity index (χ4n) is 1.61. The molecular weight excluding hydrogens is 272 g/mol. The average molecular weight is 283 g/mol. The van der Waals surface area contributed by atoms with Crippen LogP contribution >= 0.6 is 22.9 Å². The number of aromatic nitrogens is 1. The lowest BCUT2D eigenvalue weighted by Gasteiger charge is -1.98. The van der Waals surface area contributed by atoms with Crippen molar-refractivity contribution in [1.29, 1.82) is 0 Å². The number of para-hydroxylation sites is 1. The molecule has 0 fully saturated rings. The Morgan fingerprint density at radius 1 is 1.39 bits per heavy atom. The third-order valence-electron chi connectivity index (χ3n) is 2.45. The molecule has 0 aliphatic heterocycles. The molecule has 0 atom stereocenters. The number of hydrogen-bond donors (Lipinski definition) is 0. The average Bonchev–Trinajstić information content (AvgIpc) is 2.85. The monoisotopic (exact) mass is 282 g/mol. The van der Waals surface area contributed by atoms with Crippen molar-refractivity contribution < 1.29 is 4.92 Å². The molecule has 0 bridgehead atoms. The molecule has 2 aromatic rings. The second kappa shape index (κ2) is 5.93. The number of alkyl halides is 1. The van der Waals surface area contributed by atoms with Gasteiger partial charge in [0.05, 0.1) is 16.2 Å². The summed E-state index contributed by atoms with van der Waals surface area (Å²) >= 11 is 7.05. The maximum atomic E-state index is 10.9. The molecule has 94 valence electrons. The van der Waals surface area contributed by atoms with E-state index in [0.717, 1.165) is 18.5 Å². The van der Waals surface area contributed by atoms with E-state index >= 15 is 0 Å². The van der Waals surface area contributed by atoms with Crippen LogP contribution in [0, 0.1) is 10.1 Å². The molecular formula is C12H11ClN2O2S. The SMILES string of the molecule is O=[N+]([O-])c1ccccc1-c1nc(CCCCl)cs1. The highest BCUT2D eigenvalue weighted by molar-refractivity contribution is 7.13. The van der Waals surface area contributed by atoms with Crippen molar-refractivity contribution >= 4 is 28.6 Å². The van der Waals surface area contributed by atoms with Crippen LogP contribution in [0.1, 0.15) is 12.1 Å². The largest absolute Gasteiger partial charge is 0.279 e. The van der Waals surface area contributed by atoms with Gasteiger partial charge in [-0.25, -0.2) is 4.98 Å². The minimum atomic E-state index is -0.380. The summed E-state index contributed by atoms with van der Waals surface area (Å²) in [6.07, 6.45) is 1.67. The minimum Gasteiger partial charge on any atom is -0.258 e. The third kappa shape index (κ3) is 2.86. The van der Waals surface area contributed by atoms with Gasteiger partial charge in [0.1, 0.15) is 5.01 Å². The molecule has 0 spiro atoms. The number of hydrogen-bond acceptors (Lipinski definition) is 4. The van der Waals surface area contributed by atoms with Crippen molar-refractivity contribution in [2.45, 2.75) is 12.8 Å². The number of benzene rings is 1. The van der Waals surface area contributed by atoms with E-state index in [-0.39, 0.29) is 10.6 Å². The number of thiazole rings is 1. The van der Waals surface area contributed by atoms with E-state index < -0.39 is 0 Å². The molecule has 1 aromatic heterocycles. The summed E-state index contributed by atoms with van der Waals surface area (Å²) in [5.74, 6) is 0.596. The van der Waals surface area contributed by atoms with E-state index in [0.29, 0.717) is 16.5 Å². The number of halogens is 1. The Morgan fingerprint density at radius 3 is 2.89 bits per heavy atom. The molecule has 0 saturated heterocycles. The van der Waals surface area contributed by atoms with Gasteiger partial charge in [-0.1, -0.05) is 12.1 Å². The normalized spacial score (nSPS) is 10.5. The van der Waals surface area contributed by atoms with Crippen molar-refractivity contribution in [2.24, 2.45) is 0 Å². The van der Waals surface area contributed by atoms with Gasteiger partial charge in [-0.15, -0.1) is 22.9 Å². The molecule has 1 aromatic carbocycles. The van der Waals surface area contributed by atoms with Crippen molar-refractivity contribution in [1.82, 2.24) is 4.98 Å². The van der Waals surface area contributed by atoms with Crippen molar-refractivity contribution in [3.05, 3.63) is 45.5 Å². The summed E-state index contributed by atoms with van der Waals surface area (Å²) in [5, 5.41) is 13.6. The predicted octanol–water partition coefficient (Wildman–Crippen LogP) is 3.89. The summed E-state index contributed by atoms with van der Waals surface area (Å²) in [6, 6.07) is 6.66. The van der Waals surface area contributed by atoms with Crippen LogP contribution in [0.2, 0.25) is 0 Å². The minimum absolute atomic E-state index is 0.0933. The van der Waals surface area contributed by atoms with Gasteiger partial charge in [-0.05, 0) is 18.9 Å². The first-order valence-corrected chi connectivity index (χ1v) is 6.88. The van der Waals surface area contributed by atoms with Crippen LogP contribution in [0.25, 0.3) is 10.6 Å². The van der Waals surface area contributed by atoms with Gasteiger partial charge in [0, 0.05) is 17.3 Å². The van der Waals surface area contributed by atoms with Gasteiger partial charge < -0.3 is 0 Å². The molecule has 0 saturated carbocycles. The summed E-state index contributed by atoms with van der Waals surface area (Å²) in [6.45, 7) is 0. The fraction of sp³-hybridized carbons (Fsp3) is 0.250. The molecule has 2 rings (SSSR count). The quantitative estimate of drug-likeness (QED) is 0.475. The highest BCUT2D eigenvalue weighted by Gasteiger charge is 2.16. The van der Waals surface area contributed by atoms with Gasteiger partial charge in [0.25, 0.3) is 5.69 Å². The first kappa shape index (κ1) is 13.0. The number of nitro benzene ring substituents is 1. The molecule has 0 radical (unpaired) electrons. The Labute approximate surface area is 113 Å². The molecule has 1 heterocycles. The molecule has 0 aliphatic carbocycles. The van der Waals surface area contributed by atoms with E-state index in [2.05, 4.69) is 4.98 Å². The Hall–Kier alpha value is -1.46. The number of rotatable bonds is 5. The summed E-state index contributed by atoms with van der Waals surface area (Å²) in [5.41, 5.74) is 1.61. The molecule has 18 heavy (non-hydrogen) atoms. The smallest absolute Gasteiger partial charge is 0.258 e. The standard InChI is InChI=1S/C12H11ClN2O2S/c13-7-3-4-9-8-18-12(14-9)10-5-1-2-6-11(10)15(16)17/h1-2,5-6,8H,3-4,7H2. The van der Waals surface area contributed by atoms with E-state index in [1.165, 1.54) is 17.4 Å². The molecule has 0 aliphatic rings. The van der Waals surface area contributed by atoms with Crippen LogP contribution in [0.5, 0.6) is 0 Å². The summed E-state index contributed by atoms with van der Waals surface area (Å²) < 4.78 is 0. The number of nitrogens with zero attached hydrogens (tertiary/aromatic N) is 2. The summed E-state index contributed by atoms with van der Waals surface area (Å²) in [7, 11) is 0. The first-order chi connectivity index (χ1) is 8.72. The zero-order chi connectivity index (χ0) is 13.0. The van der Waals surface area contributed by atoms with Crippen LogP contribution in [0.15, 0.2) is 29.6 Å². The topological polar surface area (TPSA) is 56.0 Å². The fourth-order valence-corrected chi connectivity index (χ4v) is 2.63.